The monoisotopic (exact) mass is 730 g/mol. The Labute approximate surface area is 303 Å². The molecule has 1 fully saturated rings. The van der Waals surface area contributed by atoms with Gasteiger partial charge in [-0.2, -0.15) is 20.0 Å². The van der Waals surface area contributed by atoms with Crippen LogP contribution in [-0.2, 0) is 11.0 Å². The number of nitrogens with one attached hydrogen (secondary N) is 2. The molecule has 0 radical (unpaired) electrons. The molecule has 3 heterocycles. The van der Waals surface area contributed by atoms with E-state index in [1.807, 2.05) is 41.0 Å². The lowest BCUT2D eigenvalue weighted by atomic mass is 10.0. The maximum absolute atomic E-state index is 11.7. The van der Waals surface area contributed by atoms with Crippen LogP contribution in [0.15, 0.2) is 42.6 Å². The van der Waals surface area contributed by atoms with Gasteiger partial charge in [0.25, 0.3) is 0 Å². The van der Waals surface area contributed by atoms with Crippen LogP contribution in [0.2, 0.25) is 23.2 Å². The van der Waals surface area contributed by atoms with Gasteiger partial charge in [0, 0.05) is 26.2 Å². The number of methoxy groups -OCH3 is 1. The van der Waals surface area contributed by atoms with Crippen LogP contribution in [0.1, 0.15) is 50.9 Å². The van der Waals surface area contributed by atoms with Gasteiger partial charge in [-0.05, 0) is 61.3 Å². The normalized spacial score (nSPS) is 16.3. The van der Waals surface area contributed by atoms with Crippen LogP contribution in [-0.4, -0.2) is 78.0 Å². The third kappa shape index (κ3) is 8.12. The number of carbonyl (C=O) groups is 1. The second-order valence-corrected chi connectivity index (χ2v) is 19.0. The number of imidazole rings is 1. The van der Waals surface area contributed by atoms with Crippen molar-refractivity contribution in [1.29, 1.82) is 10.5 Å². The molecule has 1 amide bonds. The topological polar surface area (TPSA) is 177 Å². The number of amides is 1. The molecule has 2 atom stereocenters. The van der Waals surface area contributed by atoms with E-state index < -0.39 is 26.6 Å². The first-order valence-corrected chi connectivity index (χ1v) is 19.9. The van der Waals surface area contributed by atoms with E-state index in [9.17, 15) is 20.4 Å². The Kier molecular flexibility index (Phi) is 11.0. The molecule has 0 saturated carbocycles. The third-order valence-electron chi connectivity index (χ3n) is 9.56. The predicted octanol–water partition coefficient (Wildman–Crippen LogP) is 6.54. The Bertz CT molecular complexity index is 1980. The minimum atomic E-state index is -2.29. The quantitative estimate of drug-likeness (QED) is 0.142. The lowest BCUT2D eigenvalue weighted by molar-refractivity contribution is 0.115. The summed E-state index contributed by atoms with van der Waals surface area (Å²) in [6.45, 7) is 14.6. The Morgan fingerprint density at radius 2 is 1.92 bits per heavy atom. The molecule has 4 aromatic rings. The number of fused-ring (bicyclic) bond motifs is 1. The van der Waals surface area contributed by atoms with Crippen molar-refractivity contribution in [3.8, 4) is 17.9 Å². The summed E-state index contributed by atoms with van der Waals surface area (Å²) in [5.41, 5.74) is 2.98. The number of nitrogens with zero attached hydrogens (tertiary/aromatic N) is 8. The maximum atomic E-state index is 11.7. The highest BCUT2D eigenvalue weighted by molar-refractivity contribution is 6.74. The van der Waals surface area contributed by atoms with E-state index in [0.717, 1.165) is 11.3 Å². The summed E-state index contributed by atoms with van der Waals surface area (Å²) >= 11 is 7.11. The molecule has 2 aromatic heterocycles. The molecule has 0 bridgehead atoms. The van der Waals surface area contributed by atoms with E-state index in [2.05, 4.69) is 66.7 Å². The molecule has 0 aliphatic carbocycles. The Balaban J connectivity index is 1.51. The number of hydrogen-bond donors (Lipinski definition) is 3. The molecule has 5 rings (SSSR count). The number of nitriles is 2. The van der Waals surface area contributed by atoms with Crippen molar-refractivity contribution < 1.29 is 19.1 Å². The predicted molar refractivity (Wildman–Crippen MR) is 199 cm³/mol. The molecule has 1 aliphatic rings. The van der Waals surface area contributed by atoms with Crippen molar-refractivity contribution in [3.63, 3.8) is 0 Å². The molecule has 1 aliphatic heterocycles. The summed E-state index contributed by atoms with van der Waals surface area (Å²) in [4.78, 5) is 25.1. The van der Waals surface area contributed by atoms with E-state index in [1.165, 1.54) is 10.7 Å². The number of benzene rings is 2. The highest BCUT2D eigenvalue weighted by Crippen LogP contribution is 2.41. The molecular weight excluding hydrogens is 688 g/mol. The van der Waals surface area contributed by atoms with Crippen molar-refractivity contribution in [1.82, 2.24) is 24.9 Å². The number of aromatic nitrogens is 4. The van der Waals surface area contributed by atoms with E-state index in [1.54, 1.807) is 19.2 Å². The number of piperidine rings is 1. The van der Waals surface area contributed by atoms with E-state index in [-0.39, 0.29) is 16.7 Å². The number of anilines is 4. The standard InChI is InChI=1S/C35H43ClN10O4Si/c1-8-44(20-22-9-11-25(49-5)12-10-22)32-31-39-19-24(18-38)46(31)43-33(42-32)40-27-15-23(17-37)16-28(30(27)36)45-14-13-26(41-34(47)48)29(21-45)50-51(6,7)35(2,3)4/h9-12,15-16,19,26,29,41H,8,13-14,20-21H2,1-7H3,(H,40,43)(H,47,48)/t26-,29+/m1/s1. The number of hydrogen-bond acceptors (Lipinski definition) is 11. The van der Waals surface area contributed by atoms with E-state index in [4.69, 9.17) is 25.7 Å². The maximum Gasteiger partial charge on any atom is 0.404 e. The van der Waals surface area contributed by atoms with Gasteiger partial charge in [-0.25, -0.2) is 9.78 Å². The Morgan fingerprint density at radius 1 is 1.20 bits per heavy atom. The fourth-order valence-electron chi connectivity index (χ4n) is 5.74. The van der Waals surface area contributed by atoms with E-state index >= 15 is 0 Å². The van der Waals surface area contributed by atoms with Crippen molar-refractivity contribution >= 4 is 54.8 Å². The first-order valence-electron chi connectivity index (χ1n) is 16.6. The minimum Gasteiger partial charge on any atom is -0.497 e. The second kappa shape index (κ2) is 15.0. The highest BCUT2D eigenvalue weighted by Gasteiger charge is 2.43. The van der Waals surface area contributed by atoms with E-state index in [0.29, 0.717) is 66.0 Å². The largest absolute Gasteiger partial charge is 0.497 e. The fourth-order valence-corrected chi connectivity index (χ4v) is 7.37. The fraction of sp³-hybridized carbons (Fsp3) is 0.429. The first-order chi connectivity index (χ1) is 24.2. The Hall–Kier alpha value is -5.09. The number of rotatable bonds is 11. The van der Waals surface area contributed by atoms with Crippen LogP contribution >= 0.6 is 11.6 Å². The van der Waals surface area contributed by atoms with Crippen LogP contribution in [0.25, 0.3) is 5.65 Å². The third-order valence-corrected chi connectivity index (χ3v) is 14.5. The van der Waals surface area contributed by atoms with Gasteiger partial charge in [0.1, 0.15) is 11.8 Å². The average molecular weight is 731 g/mol. The summed E-state index contributed by atoms with van der Waals surface area (Å²) in [6.07, 6.45) is 0.375. The molecule has 51 heavy (non-hydrogen) atoms. The van der Waals surface area contributed by atoms with Crippen LogP contribution in [0.5, 0.6) is 5.75 Å². The summed E-state index contributed by atoms with van der Waals surface area (Å²) < 4.78 is 13.5. The van der Waals surface area contributed by atoms with Crippen molar-refractivity contribution in [2.24, 2.45) is 0 Å². The molecule has 1 saturated heterocycles. The molecule has 16 heteroatoms. The second-order valence-electron chi connectivity index (χ2n) is 13.9. The summed E-state index contributed by atoms with van der Waals surface area (Å²) in [5, 5.41) is 40.2. The van der Waals surface area contributed by atoms with Gasteiger partial charge in [-0.15, -0.1) is 5.10 Å². The zero-order valence-electron chi connectivity index (χ0n) is 29.9. The van der Waals surface area contributed by atoms with Crippen molar-refractivity contribution in [2.45, 2.75) is 70.9 Å². The smallest absolute Gasteiger partial charge is 0.404 e. The number of halogens is 1. The van der Waals surface area contributed by atoms with Gasteiger partial charge in [0.2, 0.25) is 5.95 Å². The van der Waals surface area contributed by atoms with Gasteiger partial charge >= 0.3 is 6.09 Å². The molecule has 268 valence electrons. The molecule has 0 unspecified atom stereocenters. The van der Waals surface area contributed by atoms with Crippen LogP contribution in [0.4, 0.5) is 27.9 Å². The molecular formula is C35H43ClN10O4Si. The van der Waals surface area contributed by atoms with Gasteiger partial charge in [-0.1, -0.05) is 44.5 Å². The zero-order chi connectivity index (χ0) is 37.1. The minimum absolute atomic E-state index is 0.0961. The lowest BCUT2D eigenvalue weighted by Crippen LogP contribution is -2.59. The summed E-state index contributed by atoms with van der Waals surface area (Å²) in [5.74, 6) is 1.39. The number of ether oxygens (including phenoxy) is 1. The van der Waals surface area contributed by atoms with Gasteiger partial charge < -0.3 is 34.7 Å². The van der Waals surface area contributed by atoms with Crippen molar-refractivity contribution in [2.75, 3.05) is 41.9 Å². The SMILES string of the molecule is CCN(Cc1ccc(OC)cc1)c1nc(Nc2cc(C#N)cc(N3CC[C@@H](NC(=O)O)[C@@H](O[Si](C)(C)C(C)(C)C)C3)c2Cl)nn2c(C#N)cnc12. The molecule has 0 spiro atoms. The summed E-state index contributed by atoms with van der Waals surface area (Å²) in [7, 11) is -0.675. The summed E-state index contributed by atoms with van der Waals surface area (Å²) in [6, 6.07) is 15.0. The van der Waals surface area contributed by atoms with Crippen LogP contribution in [0.3, 0.4) is 0 Å². The Morgan fingerprint density at radius 3 is 2.53 bits per heavy atom. The highest BCUT2D eigenvalue weighted by atomic mass is 35.5. The van der Waals surface area contributed by atoms with Crippen LogP contribution < -0.4 is 25.2 Å². The zero-order valence-corrected chi connectivity index (χ0v) is 31.6. The van der Waals surface area contributed by atoms with Crippen molar-refractivity contribution in [3.05, 3.63) is 64.4 Å². The number of carboxylic acid groups (broad SMARTS) is 1. The molecule has 2 aromatic carbocycles. The first kappa shape index (κ1) is 37.2. The van der Waals surface area contributed by atoms with Gasteiger partial charge in [-0.3, -0.25) is 0 Å². The average Bonchev–Trinajstić information content (AvgIpc) is 3.51. The van der Waals surface area contributed by atoms with Crippen LogP contribution in [0, 0.1) is 22.7 Å². The van der Waals surface area contributed by atoms with Gasteiger partial charge in [0.15, 0.2) is 25.5 Å². The van der Waals surface area contributed by atoms with Gasteiger partial charge in [0.05, 0.1) is 53.5 Å². The molecule has 3 N–H and O–H groups in total. The molecule has 14 nitrogen and oxygen atoms in total. The lowest BCUT2D eigenvalue weighted by Gasteiger charge is -2.46.